The van der Waals surface area contributed by atoms with Crippen LogP contribution in [0, 0.1) is 11.3 Å². The summed E-state index contributed by atoms with van der Waals surface area (Å²) in [5.74, 6) is 0.661. The second kappa shape index (κ2) is 9.28. The van der Waals surface area contributed by atoms with Gasteiger partial charge in [0.25, 0.3) is 5.91 Å². The molecule has 0 aliphatic rings. The van der Waals surface area contributed by atoms with Gasteiger partial charge in [0, 0.05) is 5.56 Å². The number of nitrogens with one attached hydrogen (secondary N) is 1. The molecule has 2 aromatic rings. The molecule has 2 rings (SSSR count). The van der Waals surface area contributed by atoms with Crippen LogP contribution in [0.5, 0.6) is 11.5 Å². The second-order valence-electron chi connectivity index (χ2n) is 5.70. The van der Waals surface area contributed by atoms with Gasteiger partial charge in [0.1, 0.15) is 23.1 Å². The van der Waals surface area contributed by atoms with Crippen molar-refractivity contribution in [3.05, 3.63) is 59.7 Å². The lowest BCUT2D eigenvalue weighted by Crippen LogP contribution is -2.14. The minimum atomic E-state index is -0.504. The largest absolute Gasteiger partial charge is 0.495 e. The molecule has 0 unspecified atom stereocenters. The number of anilines is 1. The first kappa shape index (κ1) is 19.1. The number of amides is 1. The van der Waals surface area contributed by atoms with Gasteiger partial charge in [-0.05, 0) is 37.6 Å². The molecule has 0 aliphatic heterocycles. The standard InChI is InChI=1S/C21H22N2O3/c1-4-15(2)26-19-11-7-5-9-16(19)13-17(14-22)21(24)23-18-10-6-8-12-20(18)25-3/h5-13,15H,4H2,1-3H3,(H,23,24)/b17-13+/t15-/m0/s1. The molecule has 0 radical (unpaired) electrons. The summed E-state index contributed by atoms with van der Waals surface area (Å²) >= 11 is 0. The van der Waals surface area contributed by atoms with Crippen LogP contribution in [0.4, 0.5) is 5.69 Å². The van der Waals surface area contributed by atoms with Gasteiger partial charge in [-0.2, -0.15) is 5.26 Å². The summed E-state index contributed by atoms with van der Waals surface area (Å²) in [5.41, 5.74) is 1.17. The lowest BCUT2D eigenvalue weighted by atomic mass is 10.1. The highest BCUT2D eigenvalue weighted by Crippen LogP contribution is 2.25. The molecule has 0 fully saturated rings. The van der Waals surface area contributed by atoms with Crippen LogP contribution in [0.3, 0.4) is 0 Å². The molecule has 1 atom stereocenters. The number of methoxy groups -OCH3 is 1. The number of benzene rings is 2. The Balaban J connectivity index is 2.28. The first-order valence-electron chi connectivity index (χ1n) is 8.40. The minimum Gasteiger partial charge on any atom is -0.495 e. The van der Waals surface area contributed by atoms with Gasteiger partial charge >= 0.3 is 0 Å². The number of carbonyl (C=O) groups is 1. The van der Waals surface area contributed by atoms with Gasteiger partial charge in [-0.15, -0.1) is 0 Å². The van der Waals surface area contributed by atoms with E-state index < -0.39 is 5.91 Å². The number of hydrogen-bond donors (Lipinski definition) is 1. The van der Waals surface area contributed by atoms with E-state index in [1.54, 1.807) is 24.3 Å². The summed E-state index contributed by atoms with van der Waals surface area (Å²) in [5, 5.41) is 12.1. The molecule has 1 amide bonds. The molecule has 0 saturated heterocycles. The maximum Gasteiger partial charge on any atom is 0.266 e. The molecule has 0 aromatic heterocycles. The fraction of sp³-hybridized carbons (Fsp3) is 0.238. The highest BCUT2D eigenvalue weighted by Gasteiger charge is 2.14. The number of ether oxygens (including phenoxy) is 2. The average molecular weight is 350 g/mol. The summed E-state index contributed by atoms with van der Waals surface area (Å²) in [4.78, 5) is 12.5. The van der Waals surface area contributed by atoms with E-state index >= 15 is 0 Å². The SMILES string of the molecule is CC[C@H](C)Oc1ccccc1/C=C(\C#N)C(=O)Nc1ccccc1OC. The number of para-hydroxylation sites is 3. The van der Waals surface area contributed by atoms with Gasteiger partial charge in [0.15, 0.2) is 0 Å². The number of nitrogens with zero attached hydrogens (tertiary/aromatic N) is 1. The van der Waals surface area contributed by atoms with E-state index in [2.05, 4.69) is 5.32 Å². The predicted molar refractivity (Wildman–Crippen MR) is 102 cm³/mol. The van der Waals surface area contributed by atoms with Crippen molar-refractivity contribution in [3.8, 4) is 17.6 Å². The molecule has 0 bridgehead atoms. The van der Waals surface area contributed by atoms with E-state index in [1.165, 1.54) is 13.2 Å². The molecule has 1 N–H and O–H groups in total. The second-order valence-corrected chi connectivity index (χ2v) is 5.70. The monoisotopic (exact) mass is 350 g/mol. The molecule has 0 aliphatic carbocycles. The van der Waals surface area contributed by atoms with E-state index in [1.807, 2.05) is 44.2 Å². The van der Waals surface area contributed by atoms with Crippen LogP contribution in [0.15, 0.2) is 54.1 Å². The highest BCUT2D eigenvalue weighted by molar-refractivity contribution is 6.10. The van der Waals surface area contributed by atoms with Gasteiger partial charge < -0.3 is 14.8 Å². The van der Waals surface area contributed by atoms with Crippen LogP contribution in [-0.4, -0.2) is 19.1 Å². The van der Waals surface area contributed by atoms with Crippen molar-refractivity contribution in [2.75, 3.05) is 12.4 Å². The fourth-order valence-electron chi connectivity index (χ4n) is 2.25. The fourth-order valence-corrected chi connectivity index (χ4v) is 2.25. The van der Waals surface area contributed by atoms with Crippen molar-refractivity contribution in [1.29, 1.82) is 5.26 Å². The Bertz CT molecular complexity index is 837. The van der Waals surface area contributed by atoms with Gasteiger partial charge in [0.05, 0.1) is 18.9 Å². The first-order chi connectivity index (χ1) is 12.6. The summed E-state index contributed by atoms with van der Waals surface area (Å²) in [6.45, 7) is 4.00. The number of carbonyl (C=O) groups excluding carboxylic acids is 1. The molecule has 5 heteroatoms. The third-order valence-electron chi connectivity index (χ3n) is 3.84. The van der Waals surface area contributed by atoms with Crippen LogP contribution < -0.4 is 14.8 Å². The Kier molecular flexibility index (Phi) is 6.81. The Labute approximate surface area is 153 Å². The van der Waals surface area contributed by atoms with Gasteiger partial charge in [0.2, 0.25) is 0 Å². The summed E-state index contributed by atoms with van der Waals surface area (Å²) in [6.07, 6.45) is 2.43. The minimum absolute atomic E-state index is 0.0175. The maximum atomic E-state index is 12.5. The summed E-state index contributed by atoms with van der Waals surface area (Å²) < 4.78 is 11.1. The van der Waals surface area contributed by atoms with Crippen molar-refractivity contribution < 1.29 is 14.3 Å². The number of hydrogen-bond acceptors (Lipinski definition) is 4. The molecule has 5 nitrogen and oxygen atoms in total. The molecule has 134 valence electrons. The van der Waals surface area contributed by atoms with Crippen LogP contribution in [0.1, 0.15) is 25.8 Å². The van der Waals surface area contributed by atoms with Gasteiger partial charge in [-0.1, -0.05) is 37.3 Å². The Morgan fingerprint density at radius 1 is 1.19 bits per heavy atom. The van der Waals surface area contributed by atoms with Crippen LogP contribution in [-0.2, 0) is 4.79 Å². The molecular formula is C21H22N2O3. The third-order valence-corrected chi connectivity index (χ3v) is 3.84. The van der Waals surface area contributed by atoms with Crippen molar-refractivity contribution >= 4 is 17.7 Å². The van der Waals surface area contributed by atoms with Gasteiger partial charge in [-0.3, -0.25) is 4.79 Å². The molecule has 0 heterocycles. The number of rotatable bonds is 7. The Hall–Kier alpha value is -3.26. The van der Waals surface area contributed by atoms with E-state index in [-0.39, 0.29) is 11.7 Å². The molecule has 0 saturated carbocycles. The van der Waals surface area contributed by atoms with Gasteiger partial charge in [-0.25, -0.2) is 0 Å². The van der Waals surface area contributed by atoms with Crippen molar-refractivity contribution in [1.82, 2.24) is 0 Å². The smallest absolute Gasteiger partial charge is 0.266 e. The molecular weight excluding hydrogens is 328 g/mol. The quantitative estimate of drug-likeness (QED) is 0.593. The lowest BCUT2D eigenvalue weighted by molar-refractivity contribution is -0.112. The maximum absolute atomic E-state index is 12.5. The zero-order valence-electron chi connectivity index (χ0n) is 15.2. The predicted octanol–water partition coefficient (Wildman–Crippen LogP) is 4.42. The van der Waals surface area contributed by atoms with Crippen molar-refractivity contribution in [3.63, 3.8) is 0 Å². The average Bonchev–Trinajstić information content (AvgIpc) is 2.67. The summed E-state index contributed by atoms with van der Waals surface area (Å²) in [7, 11) is 1.52. The number of nitriles is 1. The topological polar surface area (TPSA) is 71.3 Å². The van der Waals surface area contributed by atoms with Crippen LogP contribution >= 0.6 is 0 Å². The van der Waals surface area contributed by atoms with E-state index in [4.69, 9.17) is 9.47 Å². The van der Waals surface area contributed by atoms with E-state index in [9.17, 15) is 10.1 Å². The Morgan fingerprint density at radius 3 is 2.50 bits per heavy atom. The van der Waals surface area contributed by atoms with Crippen LogP contribution in [0.25, 0.3) is 6.08 Å². The van der Waals surface area contributed by atoms with Crippen LogP contribution in [0.2, 0.25) is 0 Å². The zero-order valence-corrected chi connectivity index (χ0v) is 15.2. The first-order valence-corrected chi connectivity index (χ1v) is 8.40. The van der Waals surface area contributed by atoms with E-state index in [0.717, 1.165) is 6.42 Å². The van der Waals surface area contributed by atoms with Crippen molar-refractivity contribution in [2.24, 2.45) is 0 Å². The lowest BCUT2D eigenvalue weighted by Gasteiger charge is -2.15. The molecule has 2 aromatic carbocycles. The molecule has 26 heavy (non-hydrogen) atoms. The zero-order chi connectivity index (χ0) is 18.9. The highest BCUT2D eigenvalue weighted by atomic mass is 16.5. The Morgan fingerprint density at radius 2 is 1.85 bits per heavy atom. The van der Waals surface area contributed by atoms with E-state index in [0.29, 0.717) is 22.7 Å². The van der Waals surface area contributed by atoms with Crippen molar-refractivity contribution in [2.45, 2.75) is 26.4 Å². The normalized spacial score (nSPS) is 12.0. The molecule has 0 spiro atoms. The summed E-state index contributed by atoms with van der Waals surface area (Å²) in [6, 6.07) is 16.3. The third kappa shape index (κ3) is 4.87.